The summed E-state index contributed by atoms with van der Waals surface area (Å²) in [5.74, 6) is 0.497. The molecule has 0 atom stereocenters. The lowest BCUT2D eigenvalue weighted by Crippen LogP contribution is -1.99. The van der Waals surface area contributed by atoms with E-state index in [1.54, 1.807) is 0 Å². The van der Waals surface area contributed by atoms with Crippen molar-refractivity contribution in [2.45, 2.75) is 39.0 Å². The largest absolute Gasteiger partial charge is 0.354 e. The molecule has 0 amide bonds. The molecule has 0 bridgehead atoms. The van der Waals surface area contributed by atoms with Gasteiger partial charge in [-0.2, -0.15) is 0 Å². The quantitative estimate of drug-likeness (QED) is 0.502. The number of rotatable bonds is 6. The predicted molar refractivity (Wildman–Crippen MR) is 108 cm³/mol. The Balaban J connectivity index is 2.21. The highest BCUT2D eigenvalue weighted by molar-refractivity contribution is 9.10. The Bertz CT molecular complexity index is 833. The Hall–Kier alpha value is -1.58. The van der Waals surface area contributed by atoms with E-state index in [0.29, 0.717) is 5.92 Å². The second-order valence-electron chi connectivity index (χ2n) is 6.63. The number of hydrogen-bond donors (Lipinski definition) is 2. The molecule has 0 fully saturated rings. The van der Waals surface area contributed by atoms with Gasteiger partial charge in [0.1, 0.15) is 0 Å². The van der Waals surface area contributed by atoms with Gasteiger partial charge in [-0.05, 0) is 48.9 Å². The number of aromatic nitrogens is 1. The maximum Gasteiger partial charge on any atom is 0.0508 e. The maximum atomic E-state index is 5.70. The zero-order chi connectivity index (χ0) is 17.1. The third-order valence-corrected chi connectivity index (χ3v) is 5.31. The van der Waals surface area contributed by atoms with E-state index >= 15 is 0 Å². The number of fused-ring (bicyclic) bond motifs is 1. The Kier molecular flexibility index (Phi) is 5.42. The highest BCUT2D eigenvalue weighted by atomic mass is 79.9. The number of para-hydroxylation sites is 1. The minimum Gasteiger partial charge on any atom is -0.354 e. The van der Waals surface area contributed by atoms with Crippen LogP contribution in [0.5, 0.6) is 0 Å². The molecule has 0 radical (unpaired) electrons. The van der Waals surface area contributed by atoms with Crippen LogP contribution in [0.1, 0.15) is 43.7 Å². The molecule has 0 aliphatic heterocycles. The molecule has 3 rings (SSSR count). The molecule has 0 saturated carbocycles. The number of unbranched alkanes of at least 4 members (excludes halogenated alkanes) is 1. The summed E-state index contributed by atoms with van der Waals surface area (Å²) in [5, 5.41) is 1.35. The minimum atomic E-state index is 0.497. The van der Waals surface area contributed by atoms with E-state index in [1.807, 2.05) is 0 Å². The van der Waals surface area contributed by atoms with Gasteiger partial charge in [0.05, 0.1) is 5.69 Å². The number of nitrogens with one attached hydrogen (secondary N) is 1. The number of aromatic amines is 1. The van der Waals surface area contributed by atoms with Crippen LogP contribution in [0.4, 0.5) is 0 Å². The van der Waals surface area contributed by atoms with Gasteiger partial charge in [-0.15, -0.1) is 0 Å². The van der Waals surface area contributed by atoms with Gasteiger partial charge >= 0.3 is 0 Å². The van der Waals surface area contributed by atoms with Gasteiger partial charge in [0.2, 0.25) is 0 Å². The molecule has 0 spiro atoms. The minimum absolute atomic E-state index is 0.497. The average Bonchev–Trinajstić information content (AvgIpc) is 2.94. The van der Waals surface area contributed by atoms with Crippen LogP contribution in [0.25, 0.3) is 22.2 Å². The molecule has 1 heterocycles. The summed E-state index contributed by atoms with van der Waals surface area (Å²) >= 11 is 3.71. The zero-order valence-corrected chi connectivity index (χ0v) is 16.0. The van der Waals surface area contributed by atoms with Crippen LogP contribution in [0, 0.1) is 0 Å². The highest BCUT2D eigenvalue weighted by Crippen LogP contribution is 2.37. The lowest BCUT2D eigenvalue weighted by Gasteiger charge is -2.07. The summed E-state index contributed by atoms with van der Waals surface area (Å²) in [6.07, 6.45) is 3.23. The summed E-state index contributed by atoms with van der Waals surface area (Å²) < 4.78 is 1.13. The average molecular weight is 385 g/mol. The monoisotopic (exact) mass is 384 g/mol. The molecule has 24 heavy (non-hydrogen) atoms. The van der Waals surface area contributed by atoms with Gasteiger partial charge < -0.3 is 10.7 Å². The fourth-order valence-electron chi connectivity index (χ4n) is 3.38. The van der Waals surface area contributed by atoms with E-state index in [1.165, 1.54) is 33.3 Å². The molecular weight excluding hydrogens is 360 g/mol. The van der Waals surface area contributed by atoms with Crippen LogP contribution >= 0.6 is 15.9 Å². The van der Waals surface area contributed by atoms with Gasteiger partial charge in [0.15, 0.2) is 0 Å². The molecule has 0 aliphatic carbocycles. The fraction of sp³-hybridized carbons (Fsp3) is 0.333. The highest BCUT2D eigenvalue weighted by Gasteiger charge is 2.17. The first-order valence-corrected chi connectivity index (χ1v) is 9.51. The normalized spacial score (nSPS) is 11.5. The molecule has 0 unspecified atom stereocenters. The Morgan fingerprint density at radius 3 is 2.54 bits per heavy atom. The third-order valence-electron chi connectivity index (χ3n) is 4.62. The molecule has 0 aliphatic rings. The van der Waals surface area contributed by atoms with Crippen LogP contribution in [0.3, 0.4) is 0 Å². The van der Waals surface area contributed by atoms with E-state index in [4.69, 9.17) is 5.73 Å². The van der Waals surface area contributed by atoms with Crippen molar-refractivity contribution in [2.75, 3.05) is 6.54 Å². The van der Waals surface area contributed by atoms with Crippen LogP contribution < -0.4 is 5.73 Å². The molecule has 1 aromatic heterocycles. The van der Waals surface area contributed by atoms with Crippen molar-refractivity contribution < 1.29 is 0 Å². The lowest BCUT2D eigenvalue weighted by molar-refractivity contribution is 0.748. The van der Waals surface area contributed by atoms with Crippen LogP contribution in [0.2, 0.25) is 0 Å². The van der Waals surface area contributed by atoms with E-state index < -0.39 is 0 Å². The van der Waals surface area contributed by atoms with Crippen molar-refractivity contribution >= 4 is 26.8 Å². The van der Waals surface area contributed by atoms with Crippen molar-refractivity contribution in [2.24, 2.45) is 5.73 Å². The van der Waals surface area contributed by atoms with E-state index in [0.717, 1.165) is 30.3 Å². The fourth-order valence-corrected chi connectivity index (χ4v) is 3.86. The van der Waals surface area contributed by atoms with Crippen molar-refractivity contribution in [1.82, 2.24) is 4.98 Å². The molecule has 2 aromatic carbocycles. The van der Waals surface area contributed by atoms with Gasteiger partial charge in [-0.25, -0.2) is 0 Å². The topological polar surface area (TPSA) is 41.8 Å². The summed E-state index contributed by atoms with van der Waals surface area (Å²) in [6.45, 7) is 5.26. The molecular formula is C21H25BrN2. The van der Waals surface area contributed by atoms with Crippen molar-refractivity contribution in [1.29, 1.82) is 0 Å². The number of halogens is 1. The number of aryl methyl sites for hydroxylation is 1. The molecule has 3 heteroatoms. The Labute approximate surface area is 152 Å². The molecule has 2 nitrogen and oxygen atoms in total. The van der Waals surface area contributed by atoms with Gasteiger partial charge in [-0.3, -0.25) is 0 Å². The second kappa shape index (κ2) is 7.54. The predicted octanol–water partition coefficient (Wildman–Crippen LogP) is 6.00. The van der Waals surface area contributed by atoms with Crippen molar-refractivity contribution in [3.05, 3.63) is 58.1 Å². The van der Waals surface area contributed by atoms with Crippen LogP contribution in [-0.2, 0) is 6.42 Å². The number of H-pyrrole nitrogens is 1. The zero-order valence-electron chi connectivity index (χ0n) is 14.4. The number of benzene rings is 2. The number of hydrogen-bond acceptors (Lipinski definition) is 1. The first-order chi connectivity index (χ1) is 11.6. The molecule has 126 valence electrons. The second-order valence-corrected chi connectivity index (χ2v) is 7.48. The number of nitrogens with two attached hydrogens (primary N) is 1. The summed E-state index contributed by atoms with van der Waals surface area (Å²) in [4.78, 5) is 3.74. The van der Waals surface area contributed by atoms with E-state index in [9.17, 15) is 0 Å². The Morgan fingerprint density at radius 2 is 1.83 bits per heavy atom. The van der Waals surface area contributed by atoms with Gasteiger partial charge in [0, 0.05) is 20.9 Å². The molecule has 0 saturated heterocycles. The van der Waals surface area contributed by atoms with Crippen molar-refractivity contribution in [3.63, 3.8) is 0 Å². The summed E-state index contributed by atoms with van der Waals surface area (Å²) in [7, 11) is 0. The van der Waals surface area contributed by atoms with Gasteiger partial charge in [-0.1, -0.05) is 66.2 Å². The standard InChI is InChI=1S/C21H25BrN2/c1-14(2)15-10-7-11-17-16(8-5-6-13-23)21(24-20(15)17)18-9-3-4-12-19(18)22/h3-4,7,9-12,14,24H,5-6,8,13,23H2,1-2H3. The van der Waals surface area contributed by atoms with Crippen molar-refractivity contribution in [3.8, 4) is 11.3 Å². The maximum absolute atomic E-state index is 5.70. The van der Waals surface area contributed by atoms with Gasteiger partial charge in [0.25, 0.3) is 0 Å². The first kappa shape index (κ1) is 17.2. The first-order valence-electron chi connectivity index (χ1n) is 8.72. The van der Waals surface area contributed by atoms with Crippen LogP contribution in [0.15, 0.2) is 46.9 Å². The Morgan fingerprint density at radius 1 is 1.04 bits per heavy atom. The van der Waals surface area contributed by atoms with E-state index in [-0.39, 0.29) is 0 Å². The molecule has 3 aromatic rings. The summed E-state index contributed by atoms with van der Waals surface area (Å²) in [6, 6.07) is 15.1. The SMILES string of the molecule is CC(C)c1cccc2c(CCCCN)c(-c3ccccc3Br)[nH]c12. The lowest BCUT2D eigenvalue weighted by atomic mass is 9.96. The van der Waals surface area contributed by atoms with E-state index in [2.05, 4.69) is 77.2 Å². The molecule has 3 N–H and O–H groups in total. The summed E-state index contributed by atoms with van der Waals surface area (Å²) in [5.41, 5.74) is 12.2. The third kappa shape index (κ3) is 3.28. The van der Waals surface area contributed by atoms with Crippen LogP contribution in [-0.4, -0.2) is 11.5 Å². The smallest absolute Gasteiger partial charge is 0.0508 e.